The Morgan fingerprint density at radius 3 is 2.54 bits per heavy atom. The van der Waals surface area contributed by atoms with Gasteiger partial charge in [0.15, 0.2) is 0 Å². The number of hydrogen-bond donors (Lipinski definition) is 2. The third-order valence-electron chi connectivity index (χ3n) is 3.14. The molecule has 2 rings (SSSR count). The molecule has 2 aromatic carbocycles. The first-order chi connectivity index (χ1) is 11.3. The SMILES string of the molecule is Cc1ccc(NC(=O)NC(=O)CSc2cc(F)ccc2F)c(C)c1. The Bertz CT molecular complexity index is 781. The summed E-state index contributed by atoms with van der Waals surface area (Å²) in [4.78, 5) is 23.6. The Morgan fingerprint density at radius 2 is 1.83 bits per heavy atom. The van der Waals surface area contributed by atoms with Crippen LogP contribution < -0.4 is 10.6 Å². The highest BCUT2D eigenvalue weighted by molar-refractivity contribution is 8.00. The largest absolute Gasteiger partial charge is 0.325 e. The van der Waals surface area contributed by atoms with Crippen molar-refractivity contribution in [1.29, 1.82) is 0 Å². The van der Waals surface area contributed by atoms with E-state index in [-0.39, 0.29) is 10.6 Å². The van der Waals surface area contributed by atoms with E-state index < -0.39 is 23.6 Å². The lowest BCUT2D eigenvalue weighted by atomic mass is 10.1. The summed E-state index contributed by atoms with van der Waals surface area (Å²) >= 11 is 0.816. The predicted molar refractivity (Wildman–Crippen MR) is 90.2 cm³/mol. The second kappa shape index (κ2) is 7.92. The van der Waals surface area contributed by atoms with Gasteiger partial charge in [0.25, 0.3) is 0 Å². The minimum Gasteiger partial charge on any atom is -0.307 e. The number of anilines is 1. The van der Waals surface area contributed by atoms with Gasteiger partial charge in [0.2, 0.25) is 5.91 Å². The fourth-order valence-electron chi connectivity index (χ4n) is 2.00. The summed E-state index contributed by atoms with van der Waals surface area (Å²) in [5.41, 5.74) is 2.52. The quantitative estimate of drug-likeness (QED) is 0.819. The number of halogens is 2. The van der Waals surface area contributed by atoms with Gasteiger partial charge in [0.05, 0.1) is 5.75 Å². The molecule has 0 saturated carbocycles. The van der Waals surface area contributed by atoms with E-state index in [1.807, 2.05) is 26.0 Å². The van der Waals surface area contributed by atoms with Crippen molar-refractivity contribution >= 4 is 29.4 Å². The molecule has 126 valence electrons. The van der Waals surface area contributed by atoms with E-state index >= 15 is 0 Å². The molecule has 24 heavy (non-hydrogen) atoms. The second-order valence-electron chi connectivity index (χ2n) is 5.18. The zero-order valence-electron chi connectivity index (χ0n) is 13.2. The summed E-state index contributed by atoms with van der Waals surface area (Å²) in [5, 5.41) is 4.72. The van der Waals surface area contributed by atoms with Gasteiger partial charge in [-0.3, -0.25) is 10.1 Å². The maximum absolute atomic E-state index is 13.4. The molecule has 0 heterocycles. The lowest BCUT2D eigenvalue weighted by molar-refractivity contribution is -0.117. The molecule has 0 atom stereocenters. The van der Waals surface area contributed by atoms with Gasteiger partial charge in [-0.15, -0.1) is 11.8 Å². The molecule has 0 aliphatic carbocycles. The Morgan fingerprint density at radius 1 is 1.08 bits per heavy atom. The number of thioether (sulfide) groups is 1. The summed E-state index contributed by atoms with van der Waals surface area (Å²) < 4.78 is 26.5. The summed E-state index contributed by atoms with van der Waals surface area (Å²) in [6.07, 6.45) is 0. The van der Waals surface area contributed by atoms with Crippen LogP contribution in [-0.4, -0.2) is 17.7 Å². The molecule has 0 saturated heterocycles. The van der Waals surface area contributed by atoms with E-state index in [9.17, 15) is 18.4 Å². The maximum atomic E-state index is 13.4. The number of benzene rings is 2. The maximum Gasteiger partial charge on any atom is 0.325 e. The minimum atomic E-state index is -0.674. The molecule has 0 aliphatic rings. The van der Waals surface area contributed by atoms with Gasteiger partial charge in [-0.25, -0.2) is 13.6 Å². The van der Waals surface area contributed by atoms with Crippen LogP contribution in [0.4, 0.5) is 19.3 Å². The molecular weight excluding hydrogens is 334 g/mol. The van der Waals surface area contributed by atoms with Gasteiger partial charge in [0.1, 0.15) is 11.6 Å². The van der Waals surface area contributed by atoms with E-state index in [0.29, 0.717) is 5.69 Å². The van der Waals surface area contributed by atoms with E-state index in [1.165, 1.54) is 0 Å². The molecule has 7 heteroatoms. The van der Waals surface area contributed by atoms with E-state index in [0.717, 1.165) is 41.1 Å². The van der Waals surface area contributed by atoms with E-state index in [4.69, 9.17) is 0 Å². The summed E-state index contributed by atoms with van der Waals surface area (Å²) in [6, 6.07) is 7.80. The Balaban J connectivity index is 1.87. The third-order valence-corrected chi connectivity index (χ3v) is 4.17. The number of hydrogen-bond acceptors (Lipinski definition) is 3. The average Bonchev–Trinajstić information content (AvgIpc) is 2.51. The number of urea groups is 1. The molecule has 0 aromatic heterocycles. The van der Waals surface area contributed by atoms with Crippen LogP contribution in [0.2, 0.25) is 0 Å². The smallest absolute Gasteiger partial charge is 0.307 e. The number of aryl methyl sites for hydroxylation is 2. The molecule has 2 aromatic rings. The van der Waals surface area contributed by atoms with Crippen molar-refractivity contribution in [2.75, 3.05) is 11.1 Å². The molecule has 3 amide bonds. The number of rotatable bonds is 4. The normalized spacial score (nSPS) is 10.3. The Hall–Kier alpha value is -2.41. The third kappa shape index (κ3) is 5.06. The van der Waals surface area contributed by atoms with Crippen LogP contribution in [-0.2, 0) is 4.79 Å². The van der Waals surface area contributed by atoms with Crippen molar-refractivity contribution in [2.45, 2.75) is 18.7 Å². The van der Waals surface area contributed by atoms with Crippen molar-refractivity contribution < 1.29 is 18.4 Å². The monoisotopic (exact) mass is 350 g/mol. The fourth-order valence-corrected chi connectivity index (χ4v) is 2.76. The van der Waals surface area contributed by atoms with Crippen LogP contribution >= 0.6 is 11.8 Å². The zero-order chi connectivity index (χ0) is 17.7. The van der Waals surface area contributed by atoms with Gasteiger partial charge in [-0.1, -0.05) is 17.7 Å². The molecule has 0 bridgehead atoms. The second-order valence-corrected chi connectivity index (χ2v) is 6.20. The highest BCUT2D eigenvalue weighted by atomic mass is 32.2. The minimum absolute atomic E-state index is 0.0138. The van der Waals surface area contributed by atoms with Crippen molar-refractivity contribution in [3.05, 3.63) is 59.2 Å². The van der Waals surface area contributed by atoms with E-state index in [1.54, 1.807) is 6.07 Å². The number of imide groups is 1. The van der Waals surface area contributed by atoms with Crippen LogP contribution in [0.3, 0.4) is 0 Å². The number of amides is 3. The summed E-state index contributed by atoms with van der Waals surface area (Å²) in [7, 11) is 0. The first-order valence-corrected chi connectivity index (χ1v) is 8.09. The van der Waals surface area contributed by atoms with Gasteiger partial charge in [0, 0.05) is 10.6 Å². The number of nitrogens with one attached hydrogen (secondary N) is 2. The molecule has 4 nitrogen and oxygen atoms in total. The first-order valence-electron chi connectivity index (χ1n) is 7.11. The highest BCUT2D eigenvalue weighted by Gasteiger charge is 2.12. The highest BCUT2D eigenvalue weighted by Crippen LogP contribution is 2.22. The lowest BCUT2D eigenvalue weighted by Crippen LogP contribution is -2.35. The van der Waals surface area contributed by atoms with Crippen molar-refractivity contribution in [2.24, 2.45) is 0 Å². The molecule has 0 aliphatic heterocycles. The Kier molecular flexibility index (Phi) is 5.92. The molecule has 0 spiro atoms. The van der Waals surface area contributed by atoms with Crippen LogP contribution in [0.1, 0.15) is 11.1 Å². The molecule has 0 radical (unpaired) electrons. The van der Waals surface area contributed by atoms with Crippen molar-refractivity contribution in [3.8, 4) is 0 Å². The fraction of sp³-hybridized carbons (Fsp3) is 0.176. The van der Waals surface area contributed by atoms with Gasteiger partial charge in [-0.05, 0) is 43.7 Å². The van der Waals surface area contributed by atoms with Crippen LogP contribution in [0.25, 0.3) is 0 Å². The molecule has 2 N–H and O–H groups in total. The van der Waals surface area contributed by atoms with E-state index in [2.05, 4.69) is 10.6 Å². The number of carbonyl (C=O) groups is 2. The first kappa shape index (κ1) is 17.9. The van der Waals surface area contributed by atoms with Crippen molar-refractivity contribution in [1.82, 2.24) is 5.32 Å². The van der Waals surface area contributed by atoms with Gasteiger partial charge in [-0.2, -0.15) is 0 Å². The zero-order valence-corrected chi connectivity index (χ0v) is 14.0. The standard InChI is InChI=1S/C17H16F2N2O2S/c1-10-3-6-14(11(2)7-10)20-17(23)21-16(22)9-24-15-8-12(18)4-5-13(15)19/h3-8H,9H2,1-2H3,(H2,20,21,22,23). The average molecular weight is 350 g/mol. The molecule has 0 fully saturated rings. The number of carbonyl (C=O) groups excluding carboxylic acids is 2. The predicted octanol–water partition coefficient (Wildman–Crippen LogP) is 4.02. The van der Waals surface area contributed by atoms with Crippen molar-refractivity contribution in [3.63, 3.8) is 0 Å². The van der Waals surface area contributed by atoms with Gasteiger partial charge >= 0.3 is 6.03 Å². The van der Waals surface area contributed by atoms with Crippen LogP contribution in [0, 0.1) is 25.5 Å². The van der Waals surface area contributed by atoms with Gasteiger partial charge < -0.3 is 5.32 Å². The summed E-state index contributed by atoms with van der Waals surface area (Å²) in [6.45, 7) is 3.77. The van der Waals surface area contributed by atoms with Crippen LogP contribution in [0.15, 0.2) is 41.3 Å². The molecular formula is C17H16F2N2O2S. The Labute approximate surface area is 142 Å². The molecule has 0 unspecified atom stereocenters. The topological polar surface area (TPSA) is 58.2 Å². The lowest BCUT2D eigenvalue weighted by Gasteiger charge is -2.10. The summed E-state index contributed by atoms with van der Waals surface area (Å²) in [5.74, 6) is -2.02. The van der Waals surface area contributed by atoms with Crippen LogP contribution in [0.5, 0.6) is 0 Å².